The number of hydrogen-bond donors (Lipinski definition) is 2. The van der Waals surface area contributed by atoms with Crippen LogP contribution in [0.25, 0.3) is 28.2 Å². The zero-order valence-corrected chi connectivity index (χ0v) is 25.4. The second-order valence-electron chi connectivity index (χ2n) is 10.3. The molecule has 1 atom stereocenters. The normalized spacial score (nSPS) is 12.1. The Morgan fingerprint density at radius 2 is 1.79 bits per heavy atom. The number of nitrogens with zero attached hydrogens (tertiary/aromatic N) is 7. The number of ether oxygens (including phenoxy) is 1. The maximum Gasteiger partial charge on any atom is 0.436 e. The van der Waals surface area contributed by atoms with Gasteiger partial charge in [-0.25, -0.2) is 9.07 Å². The molecular formula is C31H22ClF4N9O3. The number of H-pyrrole nitrogens is 1. The standard InChI is InChI=1S/C31H22ClF4N9O3/c1-48-26-15-44(28(46)14-22(26)21-12-18(32)7-10-24(21)45-16-27(38-43-45)31(34,35)36)25(11-17-5-3-2-4-6-17)30(47)37-19-8-9-20(23(33)13-19)29-39-41-42-40-29/h2-10,12-16,25H,11H2,1H3,(H,37,47)(H,39,40,41,42)/t25-/m0/s1. The van der Waals surface area contributed by atoms with Crippen molar-refractivity contribution in [3.63, 3.8) is 0 Å². The van der Waals surface area contributed by atoms with Gasteiger partial charge in [0.25, 0.3) is 5.56 Å². The van der Waals surface area contributed by atoms with E-state index in [0.29, 0.717) is 6.20 Å². The summed E-state index contributed by atoms with van der Waals surface area (Å²) < 4.78 is 62.5. The number of alkyl halides is 3. The summed E-state index contributed by atoms with van der Waals surface area (Å²) in [6.45, 7) is 0. The van der Waals surface area contributed by atoms with E-state index in [4.69, 9.17) is 16.3 Å². The van der Waals surface area contributed by atoms with E-state index >= 15 is 0 Å². The van der Waals surface area contributed by atoms with Gasteiger partial charge in [0.15, 0.2) is 5.69 Å². The van der Waals surface area contributed by atoms with E-state index in [1.165, 1.54) is 49.7 Å². The van der Waals surface area contributed by atoms with Gasteiger partial charge in [-0.1, -0.05) is 47.1 Å². The maximum atomic E-state index is 14.9. The monoisotopic (exact) mass is 679 g/mol. The van der Waals surface area contributed by atoms with Crippen molar-refractivity contribution >= 4 is 23.2 Å². The van der Waals surface area contributed by atoms with Gasteiger partial charge in [0, 0.05) is 34.3 Å². The molecule has 0 fully saturated rings. The molecule has 0 radical (unpaired) electrons. The van der Waals surface area contributed by atoms with Crippen LogP contribution in [0.5, 0.6) is 5.75 Å². The third-order valence-corrected chi connectivity index (χ3v) is 7.51. The number of nitrogens with one attached hydrogen (secondary N) is 2. The Bertz CT molecular complexity index is 2150. The molecule has 3 heterocycles. The van der Waals surface area contributed by atoms with Crippen LogP contribution in [0, 0.1) is 5.82 Å². The summed E-state index contributed by atoms with van der Waals surface area (Å²) in [6.07, 6.45) is -2.66. The fraction of sp³-hybridized carbons (Fsp3) is 0.129. The second kappa shape index (κ2) is 13.1. The van der Waals surface area contributed by atoms with Crippen molar-refractivity contribution < 1.29 is 27.1 Å². The first-order chi connectivity index (χ1) is 23.0. The van der Waals surface area contributed by atoms with Gasteiger partial charge in [-0.05, 0) is 47.2 Å². The highest BCUT2D eigenvalue weighted by Crippen LogP contribution is 2.36. The third-order valence-electron chi connectivity index (χ3n) is 7.28. The molecule has 0 spiro atoms. The van der Waals surface area contributed by atoms with E-state index in [2.05, 4.69) is 36.3 Å². The summed E-state index contributed by atoms with van der Waals surface area (Å²) in [6, 6.07) is 17.2. The highest BCUT2D eigenvalue weighted by atomic mass is 35.5. The fourth-order valence-electron chi connectivity index (χ4n) is 5.01. The van der Waals surface area contributed by atoms with Crippen LogP contribution in [-0.4, -0.2) is 53.2 Å². The van der Waals surface area contributed by atoms with E-state index in [9.17, 15) is 27.2 Å². The van der Waals surface area contributed by atoms with Crippen molar-refractivity contribution in [3.8, 4) is 34.0 Å². The first kappa shape index (κ1) is 32.1. The van der Waals surface area contributed by atoms with Gasteiger partial charge in [-0.3, -0.25) is 14.2 Å². The smallest absolute Gasteiger partial charge is 0.436 e. The van der Waals surface area contributed by atoms with E-state index in [-0.39, 0.29) is 51.1 Å². The quantitative estimate of drug-likeness (QED) is 0.190. The first-order valence-corrected chi connectivity index (χ1v) is 14.4. The number of carbonyl (C=O) groups excluding carboxylic acids is 1. The van der Waals surface area contributed by atoms with Crippen LogP contribution in [0.3, 0.4) is 0 Å². The first-order valence-electron chi connectivity index (χ1n) is 14.0. The molecule has 6 aromatic rings. The number of rotatable bonds is 9. The minimum atomic E-state index is -4.74. The molecule has 6 rings (SSSR count). The topological polar surface area (TPSA) is 146 Å². The highest BCUT2D eigenvalue weighted by Gasteiger charge is 2.35. The lowest BCUT2D eigenvalue weighted by molar-refractivity contribution is -0.141. The third kappa shape index (κ3) is 6.64. The number of benzene rings is 3. The van der Waals surface area contributed by atoms with Crippen LogP contribution in [0.1, 0.15) is 17.3 Å². The average Bonchev–Trinajstić information content (AvgIpc) is 3.78. The summed E-state index contributed by atoms with van der Waals surface area (Å²) in [5.74, 6) is -1.24. The maximum absolute atomic E-state index is 14.9. The Balaban J connectivity index is 1.40. The molecule has 0 aliphatic carbocycles. The second-order valence-corrected chi connectivity index (χ2v) is 10.8. The fourth-order valence-corrected chi connectivity index (χ4v) is 5.18. The van der Waals surface area contributed by atoms with Gasteiger partial charge in [0.1, 0.15) is 17.6 Å². The predicted molar refractivity (Wildman–Crippen MR) is 165 cm³/mol. The van der Waals surface area contributed by atoms with Crippen LogP contribution >= 0.6 is 11.6 Å². The van der Waals surface area contributed by atoms with Crippen molar-refractivity contribution in [3.05, 3.63) is 118 Å². The molecule has 0 saturated carbocycles. The van der Waals surface area contributed by atoms with Crippen molar-refractivity contribution in [1.82, 2.24) is 40.2 Å². The molecule has 12 nitrogen and oxygen atoms in total. The molecule has 3 aromatic heterocycles. The summed E-state index contributed by atoms with van der Waals surface area (Å²) in [5, 5.41) is 22.9. The van der Waals surface area contributed by atoms with Crippen LogP contribution in [-0.2, 0) is 17.4 Å². The summed E-state index contributed by atoms with van der Waals surface area (Å²) in [4.78, 5) is 27.6. The molecule has 0 bridgehead atoms. The van der Waals surface area contributed by atoms with Gasteiger partial charge >= 0.3 is 6.18 Å². The molecule has 0 saturated heterocycles. The number of aromatic amines is 1. The Morgan fingerprint density at radius 3 is 2.46 bits per heavy atom. The predicted octanol–water partition coefficient (Wildman–Crippen LogP) is 5.52. The van der Waals surface area contributed by atoms with Crippen molar-refractivity contribution in [1.29, 1.82) is 0 Å². The number of methoxy groups -OCH3 is 1. The zero-order valence-electron chi connectivity index (χ0n) is 24.6. The lowest BCUT2D eigenvalue weighted by Gasteiger charge is -2.22. The SMILES string of the molecule is COc1cn([C@@H](Cc2ccccc2)C(=O)Nc2ccc(-c3nn[nH]n3)c(F)c2)c(=O)cc1-c1cc(Cl)ccc1-n1cc(C(F)(F)F)nn1. The van der Waals surface area contributed by atoms with Gasteiger partial charge < -0.3 is 10.1 Å². The Labute approximate surface area is 272 Å². The number of tetrazole rings is 1. The lowest BCUT2D eigenvalue weighted by Crippen LogP contribution is -2.34. The minimum Gasteiger partial charge on any atom is -0.495 e. The van der Waals surface area contributed by atoms with E-state index in [0.717, 1.165) is 20.9 Å². The van der Waals surface area contributed by atoms with E-state index in [1.54, 1.807) is 30.3 Å². The molecule has 2 N–H and O–H groups in total. The number of amides is 1. The largest absolute Gasteiger partial charge is 0.495 e. The summed E-state index contributed by atoms with van der Waals surface area (Å²) in [7, 11) is 1.33. The summed E-state index contributed by atoms with van der Waals surface area (Å²) >= 11 is 6.27. The molecular weight excluding hydrogens is 658 g/mol. The number of pyridine rings is 1. The van der Waals surface area contributed by atoms with Crippen molar-refractivity contribution in [2.45, 2.75) is 18.6 Å². The van der Waals surface area contributed by atoms with Crippen LogP contribution in [0.4, 0.5) is 23.2 Å². The molecule has 1 amide bonds. The van der Waals surface area contributed by atoms with Crippen LogP contribution in [0.15, 0.2) is 90.0 Å². The molecule has 48 heavy (non-hydrogen) atoms. The van der Waals surface area contributed by atoms with Crippen molar-refractivity contribution in [2.24, 2.45) is 0 Å². The van der Waals surface area contributed by atoms with Gasteiger partial charge in [-0.15, -0.1) is 15.3 Å². The van der Waals surface area contributed by atoms with Gasteiger partial charge in [0.2, 0.25) is 11.7 Å². The van der Waals surface area contributed by atoms with Gasteiger partial charge in [0.05, 0.1) is 30.8 Å². The number of anilines is 1. The number of hydrogen-bond acceptors (Lipinski definition) is 8. The number of aromatic nitrogens is 8. The number of halogens is 5. The summed E-state index contributed by atoms with van der Waals surface area (Å²) in [5.41, 5.74) is -0.487. The molecule has 0 unspecified atom stereocenters. The number of carbonyl (C=O) groups is 1. The van der Waals surface area contributed by atoms with E-state index < -0.39 is 35.2 Å². The molecule has 17 heteroatoms. The van der Waals surface area contributed by atoms with Crippen LogP contribution in [0.2, 0.25) is 5.02 Å². The molecule has 3 aromatic carbocycles. The molecule has 0 aliphatic heterocycles. The van der Waals surface area contributed by atoms with Gasteiger partial charge in [-0.2, -0.15) is 18.4 Å². The van der Waals surface area contributed by atoms with Crippen LogP contribution < -0.4 is 15.6 Å². The minimum absolute atomic E-state index is 0.0264. The molecule has 0 aliphatic rings. The Morgan fingerprint density at radius 1 is 1.00 bits per heavy atom. The average molecular weight is 680 g/mol. The lowest BCUT2D eigenvalue weighted by atomic mass is 10.0. The Kier molecular flexibility index (Phi) is 8.73. The highest BCUT2D eigenvalue weighted by molar-refractivity contribution is 6.31. The zero-order chi connectivity index (χ0) is 34.0. The molecule has 244 valence electrons. The van der Waals surface area contributed by atoms with Crippen molar-refractivity contribution in [2.75, 3.05) is 12.4 Å². The Hall–Kier alpha value is -5.90. The van der Waals surface area contributed by atoms with E-state index in [1.807, 2.05) is 0 Å².